The first kappa shape index (κ1) is 7.41. The Balaban J connectivity index is 2.86. The summed E-state index contributed by atoms with van der Waals surface area (Å²) in [5.41, 5.74) is 0. The summed E-state index contributed by atoms with van der Waals surface area (Å²) in [6.45, 7) is 0. The fraction of sp³-hybridized carbons (Fsp3) is 0. The van der Waals surface area contributed by atoms with E-state index in [4.69, 9.17) is 23.2 Å². The molecule has 0 fully saturated rings. The van der Waals surface area contributed by atoms with Gasteiger partial charge in [-0.3, -0.25) is 0 Å². The van der Waals surface area contributed by atoms with E-state index in [1.807, 2.05) is 18.2 Å². The highest BCUT2D eigenvalue weighted by Gasteiger charge is 2.00. The summed E-state index contributed by atoms with van der Waals surface area (Å²) in [6, 6.07) is 5.62. The SMILES string of the molecule is Clc1cc2c[c]sc2cc1Cl. The molecule has 0 unspecified atom stereocenters. The first-order valence-corrected chi connectivity index (χ1v) is 4.59. The fourth-order valence-corrected chi connectivity index (χ4v) is 2.03. The van der Waals surface area contributed by atoms with Crippen molar-refractivity contribution in [1.29, 1.82) is 0 Å². The van der Waals surface area contributed by atoms with Gasteiger partial charge < -0.3 is 0 Å². The molecule has 3 heteroatoms. The predicted octanol–water partition coefficient (Wildman–Crippen LogP) is 4.01. The number of halogens is 2. The molecule has 2 rings (SSSR count). The number of thiophene rings is 1. The predicted molar refractivity (Wildman–Crippen MR) is 50.7 cm³/mol. The van der Waals surface area contributed by atoms with Gasteiger partial charge in [-0.05, 0) is 23.6 Å². The Morgan fingerprint density at radius 1 is 1.18 bits per heavy atom. The minimum absolute atomic E-state index is 0.603. The van der Waals surface area contributed by atoms with Crippen LogP contribution < -0.4 is 0 Å². The lowest BCUT2D eigenvalue weighted by Crippen LogP contribution is -1.66. The second-order valence-electron chi connectivity index (χ2n) is 2.17. The van der Waals surface area contributed by atoms with Crippen LogP contribution in [0.3, 0.4) is 0 Å². The monoisotopic (exact) mass is 201 g/mol. The minimum Gasteiger partial charge on any atom is -0.134 e. The van der Waals surface area contributed by atoms with E-state index in [9.17, 15) is 0 Å². The van der Waals surface area contributed by atoms with E-state index < -0.39 is 0 Å². The Kier molecular flexibility index (Phi) is 1.80. The quantitative estimate of drug-likeness (QED) is 0.605. The molecular weight excluding hydrogens is 199 g/mol. The lowest BCUT2D eigenvalue weighted by Gasteiger charge is -1.93. The van der Waals surface area contributed by atoms with E-state index in [-0.39, 0.29) is 0 Å². The van der Waals surface area contributed by atoms with Crippen molar-refractivity contribution in [3.05, 3.63) is 33.6 Å². The summed E-state index contributed by atoms with van der Waals surface area (Å²) in [7, 11) is 0. The number of hydrogen-bond donors (Lipinski definition) is 0. The first-order chi connectivity index (χ1) is 5.27. The Morgan fingerprint density at radius 3 is 2.73 bits per heavy atom. The van der Waals surface area contributed by atoms with Crippen LogP contribution in [0.2, 0.25) is 10.0 Å². The summed E-state index contributed by atoms with van der Waals surface area (Å²) in [6.07, 6.45) is 0. The summed E-state index contributed by atoms with van der Waals surface area (Å²) in [5, 5.41) is 5.33. The van der Waals surface area contributed by atoms with E-state index in [1.165, 1.54) is 0 Å². The van der Waals surface area contributed by atoms with E-state index in [0.717, 1.165) is 10.1 Å². The first-order valence-electron chi connectivity index (χ1n) is 3.02. The summed E-state index contributed by atoms with van der Waals surface area (Å²) in [5.74, 6) is 0. The van der Waals surface area contributed by atoms with Crippen LogP contribution in [0, 0.1) is 5.38 Å². The van der Waals surface area contributed by atoms with Gasteiger partial charge >= 0.3 is 0 Å². The Morgan fingerprint density at radius 2 is 1.91 bits per heavy atom. The fourth-order valence-electron chi connectivity index (χ4n) is 0.902. The average Bonchev–Trinajstić information content (AvgIpc) is 2.36. The molecule has 11 heavy (non-hydrogen) atoms. The number of hydrogen-bond acceptors (Lipinski definition) is 1. The van der Waals surface area contributed by atoms with Crippen molar-refractivity contribution in [1.82, 2.24) is 0 Å². The van der Waals surface area contributed by atoms with Gasteiger partial charge in [0.25, 0.3) is 0 Å². The van der Waals surface area contributed by atoms with Gasteiger partial charge in [-0.1, -0.05) is 23.2 Å². The van der Waals surface area contributed by atoms with Gasteiger partial charge in [-0.25, -0.2) is 0 Å². The van der Waals surface area contributed by atoms with Gasteiger partial charge in [0, 0.05) is 10.1 Å². The molecule has 2 aromatic rings. The molecular formula is C8H3Cl2S. The number of rotatable bonds is 0. The van der Waals surface area contributed by atoms with Gasteiger partial charge in [-0.15, -0.1) is 11.3 Å². The van der Waals surface area contributed by atoms with Gasteiger partial charge in [0.2, 0.25) is 0 Å². The maximum atomic E-state index is 5.81. The van der Waals surface area contributed by atoms with Crippen LogP contribution in [0.4, 0.5) is 0 Å². The van der Waals surface area contributed by atoms with Crippen LogP contribution in [0.1, 0.15) is 0 Å². The third-order valence-corrected chi connectivity index (χ3v) is 2.97. The van der Waals surface area contributed by atoms with E-state index >= 15 is 0 Å². The number of fused-ring (bicyclic) bond motifs is 1. The molecule has 0 saturated carbocycles. The highest BCUT2D eigenvalue weighted by atomic mass is 35.5. The van der Waals surface area contributed by atoms with Crippen molar-refractivity contribution in [2.24, 2.45) is 0 Å². The van der Waals surface area contributed by atoms with Gasteiger partial charge in [0.05, 0.1) is 10.0 Å². The molecule has 0 N–H and O–H groups in total. The maximum absolute atomic E-state index is 5.81. The topological polar surface area (TPSA) is 0 Å². The maximum Gasteiger partial charge on any atom is 0.0606 e. The molecule has 0 bridgehead atoms. The number of benzene rings is 1. The molecule has 0 aliphatic heterocycles. The molecule has 0 spiro atoms. The third-order valence-electron chi connectivity index (χ3n) is 1.44. The summed E-state index contributed by atoms with van der Waals surface area (Å²) < 4.78 is 1.12. The standard InChI is InChI=1S/C8H3Cl2S/c9-6-3-5-1-2-11-8(5)4-7(6)10/h1,3-4H. The molecule has 1 aromatic carbocycles. The van der Waals surface area contributed by atoms with Gasteiger partial charge in [0.15, 0.2) is 0 Å². The molecule has 0 saturated heterocycles. The molecule has 1 aromatic heterocycles. The third kappa shape index (κ3) is 1.24. The molecule has 0 atom stereocenters. The van der Waals surface area contributed by atoms with Crippen LogP contribution in [-0.2, 0) is 0 Å². The normalized spacial score (nSPS) is 10.7. The van der Waals surface area contributed by atoms with Crippen molar-refractivity contribution in [3.63, 3.8) is 0 Å². The smallest absolute Gasteiger partial charge is 0.0606 e. The second kappa shape index (κ2) is 2.67. The van der Waals surface area contributed by atoms with Crippen LogP contribution in [0.5, 0.6) is 0 Å². The second-order valence-corrected chi connectivity index (χ2v) is 3.86. The van der Waals surface area contributed by atoms with Crippen molar-refractivity contribution in [2.45, 2.75) is 0 Å². The molecule has 0 nitrogen and oxygen atoms in total. The Bertz CT molecular complexity index is 356. The lowest BCUT2D eigenvalue weighted by molar-refractivity contribution is 1.84. The molecule has 1 heterocycles. The zero-order chi connectivity index (χ0) is 7.84. The van der Waals surface area contributed by atoms with Crippen LogP contribution in [-0.4, -0.2) is 0 Å². The lowest BCUT2D eigenvalue weighted by atomic mass is 10.3. The Hall–Kier alpha value is -0.240. The zero-order valence-electron chi connectivity index (χ0n) is 5.40. The summed E-state index contributed by atoms with van der Waals surface area (Å²) >= 11 is 13.2. The largest absolute Gasteiger partial charge is 0.134 e. The van der Waals surface area contributed by atoms with Crippen molar-refractivity contribution >= 4 is 44.6 Å². The van der Waals surface area contributed by atoms with Gasteiger partial charge in [0.1, 0.15) is 0 Å². The minimum atomic E-state index is 0.603. The molecule has 55 valence electrons. The average molecular weight is 202 g/mol. The highest BCUT2D eigenvalue weighted by Crippen LogP contribution is 2.30. The Labute approximate surface area is 78.4 Å². The molecule has 1 radical (unpaired) electrons. The van der Waals surface area contributed by atoms with Crippen molar-refractivity contribution in [3.8, 4) is 0 Å². The molecule has 0 aliphatic carbocycles. The van der Waals surface area contributed by atoms with Gasteiger partial charge in [-0.2, -0.15) is 0 Å². The molecule has 0 amide bonds. The van der Waals surface area contributed by atoms with E-state index in [0.29, 0.717) is 10.0 Å². The van der Waals surface area contributed by atoms with E-state index in [1.54, 1.807) is 11.3 Å². The molecule has 0 aliphatic rings. The van der Waals surface area contributed by atoms with Crippen molar-refractivity contribution in [2.75, 3.05) is 0 Å². The van der Waals surface area contributed by atoms with Crippen molar-refractivity contribution < 1.29 is 0 Å². The zero-order valence-corrected chi connectivity index (χ0v) is 7.72. The highest BCUT2D eigenvalue weighted by molar-refractivity contribution is 7.16. The van der Waals surface area contributed by atoms with Crippen LogP contribution >= 0.6 is 34.5 Å². The summed E-state index contributed by atoms with van der Waals surface area (Å²) in [4.78, 5) is 0. The van der Waals surface area contributed by atoms with Crippen LogP contribution in [0.15, 0.2) is 18.2 Å². The van der Waals surface area contributed by atoms with Crippen LogP contribution in [0.25, 0.3) is 10.1 Å². The van der Waals surface area contributed by atoms with E-state index in [2.05, 4.69) is 5.38 Å².